The maximum absolute atomic E-state index is 5.92. The molecule has 0 saturated carbocycles. The van der Waals surface area contributed by atoms with Crippen molar-refractivity contribution in [1.29, 1.82) is 0 Å². The number of aryl methyl sites for hydroxylation is 1. The molecule has 18 heavy (non-hydrogen) atoms. The van der Waals surface area contributed by atoms with Crippen LogP contribution in [0.25, 0.3) is 0 Å². The van der Waals surface area contributed by atoms with Crippen molar-refractivity contribution in [2.24, 2.45) is 0 Å². The van der Waals surface area contributed by atoms with E-state index in [1.807, 2.05) is 12.1 Å². The summed E-state index contributed by atoms with van der Waals surface area (Å²) in [5, 5.41) is 0.787. The Morgan fingerprint density at radius 2 is 1.89 bits per heavy atom. The SMILES string of the molecule is Cc1cccc(COc2c(Br)cccc2CBr)c1. The number of benzene rings is 2. The Morgan fingerprint density at radius 1 is 1.11 bits per heavy atom. The topological polar surface area (TPSA) is 9.23 Å². The fourth-order valence-corrected chi connectivity index (χ4v) is 2.74. The van der Waals surface area contributed by atoms with Gasteiger partial charge in [-0.15, -0.1) is 0 Å². The summed E-state index contributed by atoms with van der Waals surface area (Å²) >= 11 is 7.01. The van der Waals surface area contributed by atoms with Crippen molar-refractivity contribution in [1.82, 2.24) is 0 Å². The predicted octanol–water partition coefficient (Wildman–Crippen LogP) is 5.23. The van der Waals surface area contributed by atoms with Crippen molar-refractivity contribution in [2.75, 3.05) is 0 Å². The summed E-state index contributed by atoms with van der Waals surface area (Å²) in [5.41, 5.74) is 3.59. The first-order valence-electron chi connectivity index (χ1n) is 5.72. The van der Waals surface area contributed by atoms with Gasteiger partial charge in [0.25, 0.3) is 0 Å². The van der Waals surface area contributed by atoms with E-state index in [9.17, 15) is 0 Å². The van der Waals surface area contributed by atoms with E-state index >= 15 is 0 Å². The van der Waals surface area contributed by atoms with Crippen LogP contribution < -0.4 is 4.74 Å². The van der Waals surface area contributed by atoms with Crippen LogP contribution in [0.1, 0.15) is 16.7 Å². The highest BCUT2D eigenvalue weighted by atomic mass is 79.9. The zero-order valence-corrected chi connectivity index (χ0v) is 13.3. The summed E-state index contributed by atoms with van der Waals surface area (Å²) in [5.74, 6) is 0.913. The number of para-hydroxylation sites is 1. The number of halogens is 2. The minimum absolute atomic E-state index is 0.588. The quantitative estimate of drug-likeness (QED) is 0.670. The van der Waals surface area contributed by atoms with E-state index in [-0.39, 0.29) is 0 Å². The van der Waals surface area contributed by atoms with Crippen LogP contribution in [0, 0.1) is 6.92 Å². The molecule has 2 aromatic carbocycles. The molecule has 0 aliphatic rings. The molecule has 0 saturated heterocycles. The smallest absolute Gasteiger partial charge is 0.138 e. The van der Waals surface area contributed by atoms with Gasteiger partial charge >= 0.3 is 0 Å². The van der Waals surface area contributed by atoms with Crippen LogP contribution in [0.3, 0.4) is 0 Å². The summed E-state index contributed by atoms with van der Waals surface area (Å²) in [6.07, 6.45) is 0. The summed E-state index contributed by atoms with van der Waals surface area (Å²) in [4.78, 5) is 0. The largest absolute Gasteiger partial charge is 0.487 e. The van der Waals surface area contributed by atoms with E-state index in [1.165, 1.54) is 11.1 Å². The Labute approximate surface area is 124 Å². The van der Waals surface area contributed by atoms with Gasteiger partial charge in [-0.3, -0.25) is 0 Å². The minimum Gasteiger partial charge on any atom is -0.487 e. The molecule has 0 heterocycles. The summed E-state index contributed by atoms with van der Waals surface area (Å²) < 4.78 is 6.92. The molecule has 2 rings (SSSR count). The average Bonchev–Trinajstić information content (AvgIpc) is 2.37. The maximum Gasteiger partial charge on any atom is 0.138 e. The van der Waals surface area contributed by atoms with Gasteiger partial charge in [-0.25, -0.2) is 0 Å². The Hall–Kier alpha value is -0.800. The van der Waals surface area contributed by atoms with E-state index in [1.54, 1.807) is 0 Å². The number of ether oxygens (including phenoxy) is 1. The van der Waals surface area contributed by atoms with Gasteiger partial charge in [-0.2, -0.15) is 0 Å². The van der Waals surface area contributed by atoms with Crippen molar-refractivity contribution in [2.45, 2.75) is 18.9 Å². The van der Waals surface area contributed by atoms with E-state index in [2.05, 4.69) is 69.1 Å². The van der Waals surface area contributed by atoms with E-state index < -0.39 is 0 Å². The lowest BCUT2D eigenvalue weighted by Gasteiger charge is -2.12. The molecule has 2 aromatic rings. The molecule has 0 fully saturated rings. The van der Waals surface area contributed by atoms with Crippen molar-refractivity contribution < 1.29 is 4.74 Å². The number of hydrogen-bond acceptors (Lipinski definition) is 1. The average molecular weight is 370 g/mol. The van der Waals surface area contributed by atoms with Crippen molar-refractivity contribution in [3.63, 3.8) is 0 Å². The van der Waals surface area contributed by atoms with Crippen LogP contribution in [0.2, 0.25) is 0 Å². The van der Waals surface area contributed by atoms with Gasteiger partial charge in [0, 0.05) is 10.9 Å². The second-order valence-electron chi connectivity index (χ2n) is 4.14. The van der Waals surface area contributed by atoms with Crippen LogP contribution >= 0.6 is 31.9 Å². The monoisotopic (exact) mass is 368 g/mol. The van der Waals surface area contributed by atoms with Crippen LogP contribution in [0.4, 0.5) is 0 Å². The fourth-order valence-electron chi connectivity index (χ4n) is 1.78. The number of rotatable bonds is 4. The predicted molar refractivity (Wildman–Crippen MR) is 82.3 cm³/mol. The zero-order chi connectivity index (χ0) is 13.0. The molecule has 0 spiro atoms. The second-order valence-corrected chi connectivity index (χ2v) is 5.55. The molecule has 0 bridgehead atoms. The first kappa shape index (κ1) is 13.6. The van der Waals surface area contributed by atoms with E-state index in [4.69, 9.17) is 4.74 Å². The Kier molecular flexibility index (Phi) is 4.84. The third-order valence-corrected chi connectivity index (χ3v) is 3.89. The highest BCUT2D eigenvalue weighted by Gasteiger charge is 2.07. The van der Waals surface area contributed by atoms with Crippen LogP contribution in [-0.2, 0) is 11.9 Å². The highest BCUT2D eigenvalue weighted by molar-refractivity contribution is 9.10. The molecule has 0 N–H and O–H groups in total. The minimum atomic E-state index is 0.588. The lowest BCUT2D eigenvalue weighted by molar-refractivity contribution is 0.302. The van der Waals surface area contributed by atoms with Gasteiger partial charge in [0.2, 0.25) is 0 Å². The van der Waals surface area contributed by atoms with Crippen LogP contribution in [0.15, 0.2) is 46.9 Å². The Morgan fingerprint density at radius 3 is 2.61 bits per heavy atom. The summed E-state index contributed by atoms with van der Waals surface area (Å²) in [6.45, 7) is 2.68. The standard InChI is InChI=1S/C15H14Br2O/c1-11-4-2-5-12(8-11)10-18-15-13(9-16)6-3-7-14(15)17/h2-8H,9-10H2,1H3. The van der Waals surface area contributed by atoms with Gasteiger partial charge < -0.3 is 4.74 Å². The second kappa shape index (κ2) is 6.39. The first-order chi connectivity index (χ1) is 8.70. The molecule has 0 atom stereocenters. The molecule has 0 aliphatic carbocycles. The summed E-state index contributed by atoms with van der Waals surface area (Å²) in [7, 11) is 0. The molecule has 0 amide bonds. The molecule has 94 valence electrons. The molecular formula is C15H14Br2O. The zero-order valence-electron chi connectivity index (χ0n) is 10.1. The highest BCUT2D eigenvalue weighted by Crippen LogP contribution is 2.31. The van der Waals surface area contributed by atoms with E-state index in [0.717, 1.165) is 21.1 Å². The van der Waals surface area contributed by atoms with Gasteiger partial charge in [0.05, 0.1) is 4.47 Å². The third-order valence-electron chi connectivity index (χ3n) is 2.66. The lowest BCUT2D eigenvalue weighted by atomic mass is 10.1. The molecule has 1 nitrogen and oxygen atoms in total. The van der Waals surface area contributed by atoms with Gasteiger partial charge in [-0.05, 0) is 34.5 Å². The summed E-state index contributed by atoms with van der Waals surface area (Å²) in [6, 6.07) is 14.4. The van der Waals surface area contributed by atoms with Gasteiger partial charge in [0.15, 0.2) is 0 Å². The molecular weight excluding hydrogens is 356 g/mol. The normalized spacial score (nSPS) is 10.4. The molecule has 0 unspecified atom stereocenters. The third kappa shape index (κ3) is 3.36. The van der Waals surface area contributed by atoms with Crippen molar-refractivity contribution >= 4 is 31.9 Å². The molecule has 3 heteroatoms. The van der Waals surface area contributed by atoms with Gasteiger partial charge in [-0.1, -0.05) is 57.9 Å². The molecule has 0 radical (unpaired) electrons. The van der Waals surface area contributed by atoms with Crippen molar-refractivity contribution in [3.8, 4) is 5.75 Å². The van der Waals surface area contributed by atoms with E-state index in [0.29, 0.717) is 6.61 Å². The number of alkyl halides is 1. The lowest BCUT2D eigenvalue weighted by Crippen LogP contribution is -1.99. The van der Waals surface area contributed by atoms with Crippen molar-refractivity contribution in [3.05, 3.63) is 63.6 Å². The number of hydrogen-bond donors (Lipinski definition) is 0. The first-order valence-corrected chi connectivity index (χ1v) is 7.64. The maximum atomic E-state index is 5.92. The molecule has 0 aliphatic heterocycles. The Bertz CT molecular complexity index is 538. The van der Waals surface area contributed by atoms with Crippen LogP contribution in [0.5, 0.6) is 5.75 Å². The molecule has 0 aromatic heterocycles. The van der Waals surface area contributed by atoms with Crippen LogP contribution in [-0.4, -0.2) is 0 Å². The van der Waals surface area contributed by atoms with Gasteiger partial charge in [0.1, 0.15) is 12.4 Å². The Balaban J connectivity index is 2.15. The fraction of sp³-hybridized carbons (Fsp3) is 0.200.